The quantitative estimate of drug-likeness (QED) is 0.360. The van der Waals surface area contributed by atoms with E-state index in [0.717, 1.165) is 12.8 Å². The molecule has 0 amide bonds. The molecule has 0 aliphatic heterocycles. The molecule has 2 atom stereocenters. The van der Waals surface area contributed by atoms with Crippen molar-refractivity contribution in [2.24, 2.45) is 11.8 Å². The molecular weight excluding hydrogens is 268 g/mol. The second kappa shape index (κ2) is 11.0. The minimum absolute atomic E-state index is 0.278. The summed E-state index contributed by atoms with van der Waals surface area (Å²) in [6.07, 6.45) is 14.3. The lowest BCUT2D eigenvalue weighted by Crippen LogP contribution is -2.18. The first-order valence-electron chi connectivity index (χ1n) is 9.96. The van der Waals surface area contributed by atoms with Gasteiger partial charge >= 0.3 is 0 Å². The van der Waals surface area contributed by atoms with Crippen molar-refractivity contribution < 1.29 is 4.79 Å². The molecule has 1 aliphatic rings. The normalized spacial score (nSPS) is 21.9. The third-order valence-corrected chi connectivity index (χ3v) is 5.23. The summed E-state index contributed by atoms with van der Waals surface area (Å²) >= 11 is 0. The molecule has 0 N–H and O–H groups in total. The number of ketones is 1. The summed E-state index contributed by atoms with van der Waals surface area (Å²) in [4.78, 5) is 13.0. The Morgan fingerprint density at radius 2 is 1.00 bits per heavy atom. The Labute approximate surface area is 139 Å². The second-order valence-electron chi connectivity index (χ2n) is 7.05. The number of carbonyl (C=O) groups excluding carboxylic acids is 1. The predicted octanol–water partition coefficient (Wildman–Crippen LogP) is 6.86. The minimum Gasteiger partial charge on any atom is -0.298 e. The van der Waals surface area contributed by atoms with Crippen LogP contribution in [-0.2, 0) is 4.79 Å². The average molecular weight is 307 g/mol. The standard InChI is InChI=1S/C21H38O/c1-5-9-13-17-18(14-10-6-2)20(16-12-8-4)21(22)19(17)15-11-7-3/h19-20H,5-16H2,1-4H3/t19-,20-/m0/s1. The van der Waals surface area contributed by atoms with Crippen molar-refractivity contribution in [2.45, 2.75) is 105 Å². The van der Waals surface area contributed by atoms with E-state index in [1.54, 1.807) is 11.1 Å². The molecule has 1 heteroatoms. The Balaban J connectivity index is 2.98. The van der Waals surface area contributed by atoms with Crippen LogP contribution in [0.3, 0.4) is 0 Å². The lowest BCUT2D eigenvalue weighted by Gasteiger charge is -2.14. The number of allylic oxidation sites excluding steroid dienone is 2. The van der Waals surface area contributed by atoms with E-state index in [1.807, 2.05) is 0 Å². The van der Waals surface area contributed by atoms with Crippen molar-refractivity contribution >= 4 is 5.78 Å². The van der Waals surface area contributed by atoms with Gasteiger partial charge in [0.15, 0.2) is 0 Å². The number of carbonyl (C=O) groups is 1. The Hall–Kier alpha value is -0.590. The maximum absolute atomic E-state index is 13.0. The van der Waals surface area contributed by atoms with Gasteiger partial charge in [0.25, 0.3) is 0 Å². The fraction of sp³-hybridized carbons (Fsp3) is 0.857. The first kappa shape index (κ1) is 19.5. The Bertz CT molecular complexity index is 321. The molecule has 0 spiro atoms. The van der Waals surface area contributed by atoms with Gasteiger partial charge in [-0.15, -0.1) is 0 Å². The fourth-order valence-corrected chi connectivity index (χ4v) is 3.89. The SMILES string of the molecule is CCCCC1=C(CCCC)[C@H](CCCC)C(=O)[C@H]1CCCC. The molecular formula is C21H38O. The molecule has 0 fully saturated rings. The summed E-state index contributed by atoms with van der Waals surface area (Å²) in [6.45, 7) is 9.00. The van der Waals surface area contributed by atoms with E-state index in [2.05, 4.69) is 27.7 Å². The first-order valence-corrected chi connectivity index (χ1v) is 9.96. The highest BCUT2D eigenvalue weighted by atomic mass is 16.1. The highest BCUT2D eigenvalue weighted by molar-refractivity contribution is 5.92. The third-order valence-electron chi connectivity index (χ3n) is 5.23. The smallest absolute Gasteiger partial charge is 0.147 e. The number of rotatable bonds is 12. The van der Waals surface area contributed by atoms with Gasteiger partial charge < -0.3 is 0 Å². The lowest BCUT2D eigenvalue weighted by molar-refractivity contribution is -0.123. The van der Waals surface area contributed by atoms with Crippen molar-refractivity contribution in [3.05, 3.63) is 11.1 Å². The van der Waals surface area contributed by atoms with Crippen LogP contribution in [-0.4, -0.2) is 5.78 Å². The van der Waals surface area contributed by atoms with Gasteiger partial charge in [0.2, 0.25) is 0 Å². The van der Waals surface area contributed by atoms with Gasteiger partial charge in [-0.2, -0.15) is 0 Å². The van der Waals surface area contributed by atoms with Gasteiger partial charge in [0, 0.05) is 11.8 Å². The average Bonchev–Trinajstić information content (AvgIpc) is 2.77. The summed E-state index contributed by atoms with van der Waals surface area (Å²) in [7, 11) is 0. The summed E-state index contributed by atoms with van der Waals surface area (Å²) in [6, 6.07) is 0. The van der Waals surface area contributed by atoms with Crippen LogP contribution in [0.25, 0.3) is 0 Å². The van der Waals surface area contributed by atoms with E-state index >= 15 is 0 Å². The van der Waals surface area contributed by atoms with Crippen LogP contribution in [0, 0.1) is 11.8 Å². The highest BCUT2D eigenvalue weighted by Crippen LogP contribution is 2.43. The number of hydrogen-bond acceptors (Lipinski definition) is 1. The molecule has 0 radical (unpaired) electrons. The van der Waals surface area contributed by atoms with Crippen LogP contribution >= 0.6 is 0 Å². The predicted molar refractivity (Wildman–Crippen MR) is 97.1 cm³/mol. The summed E-state index contributed by atoms with van der Waals surface area (Å²) < 4.78 is 0. The Morgan fingerprint density at radius 1 is 0.636 bits per heavy atom. The zero-order valence-electron chi connectivity index (χ0n) is 15.5. The molecule has 1 aliphatic carbocycles. The van der Waals surface area contributed by atoms with Crippen LogP contribution in [0.5, 0.6) is 0 Å². The molecule has 1 nitrogen and oxygen atoms in total. The van der Waals surface area contributed by atoms with Gasteiger partial charge in [0.05, 0.1) is 0 Å². The van der Waals surface area contributed by atoms with Gasteiger partial charge in [0.1, 0.15) is 5.78 Å². The van der Waals surface area contributed by atoms with E-state index in [0.29, 0.717) is 5.78 Å². The van der Waals surface area contributed by atoms with Crippen LogP contribution < -0.4 is 0 Å². The minimum atomic E-state index is 0.278. The zero-order chi connectivity index (χ0) is 16.4. The molecule has 0 heterocycles. The molecule has 0 saturated heterocycles. The molecule has 0 aromatic rings. The van der Waals surface area contributed by atoms with Crippen molar-refractivity contribution in [3.63, 3.8) is 0 Å². The first-order chi connectivity index (χ1) is 10.7. The van der Waals surface area contributed by atoms with Gasteiger partial charge in [-0.1, -0.05) is 77.4 Å². The highest BCUT2D eigenvalue weighted by Gasteiger charge is 2.39. The fourth-order valence-electron chi connectivity index (χ4n) is 3.89. The molecule has 0 aromatic heterocycles. The Kier molecular flexibility index (Phi) is 9.75. The zero-order valence-corrected chi connectivity index (χ0v) is 15.5. The molecule has 0 saturated carbocycles. The summed E-state index contributed by atoms with van der Waals surface area (Å²) in [5.74, 6) is 1.14. The maximum atomic E-state index is 13.0. The largest absolute Gasteiger partial charge is 0.298 e. The second-order valence-corrected chi connectivity index (χ2v) is 7.05. The van der Waals surface area contributed by atoms with Crippen LogP contribution in [0.2, 0.25) is 0 Å². The van der Waals surface area contributed by atoms with Crippen molar-refractivity contribution in [3.8, 4) is 0 Å². The Morgan fingerprint density at radius 3 is 1.32 bits per heavy atom. The molecule has 0 bridgehead atoms. The molecule has 128 valence electrons. The summed E-state index contributed by atoms with van der Waals surface area (Å²) in [5.41, 5.74) is 3.16. The monoisotopic (exact) mass is 306 g/mol. The van der Waals surface area contributed by atoms with E-state index in [9.17, 15) is 4.79 Å². The topological polar surface area (TPSA) is 17.1 Å². The number of hydrogen-bond donors (Lipinski definition) is 0. The van der Waals surface area contributed by atoms with Crippen molar-refractivity contribution in [1.82, 2.24) is 0 Å². The van der Waals surface area contributed by atoms with E-state index in [4.69, 9.17) is 0 Å². The number of Topliss-reactive ketones (excluding diaryl/α,β-unsaturated/α-hetero) is 1. The van der Waals surface area contributed by atoms with Crippen LogP contribution in [0.15, 0.2) is 11.1 Å². The molecule has 0 unspecified atom stereocenters. The number of unbranched alkanes of at least 4 members (excludes halogenated alkanes) is 4. The van der Waals surface area contributed by atoms with E-state index in [1.165, 1.54) is 64.2 Å². The molecule has 1 rings (SSSR count). The summed E-state index contributed by atoms with van der Waals surface area (Å²) in [5, 5.41) is 0. The molecule has 22 heavy (non-hydrogen) atoms. The van der Waals surface area contributed by atoms with Gasteiger partial charge in [-0.25, -0.2) is 0 Å². The third kappa shape index (κ3) is 5.25. The van der Waals surface area contributed by atoms with E-state index in [-0.39, 0.29) is 11.8 Å². The van der Waals surface area contributed by atoms with Gasteiger partial charge in [-0.3, -0.25) is 4.79 Å². The molecule has 0 aromatic carbocycles. The maximum Gasteiger partial charge on any atom is 0.147 e. The van der Waals surface area contributed by atoms with Crippen LogP contribution in [0.4, 0.5) is 0 Å². The van der Waals surface area contributed by atoms with Crippen LogP contribution in [0.1, 0.15) is 105 Å². The van der Waals surface area contributed by atoms with Crippen molar-refractivity contribution in [1.29, 1.82) is 0 Å². The van der Waals surface area contributed by atoms with Gasteiger partial charge in [-0.05, 0) is 38.5 Å². The van der Waals surface area contributed by atoms with E-state index < -0.39 is 0 Å². The van der Waals surface area contributed by atoms with Crippen molar-refractivity contribution in [2.75, 3.05) is 0 Å². The lowest BCUT2D eigenvalue weighted by atomic mass is 9.89.